The molecule has 2 fully saturated rings. The lowest BCUT2D eigenvalue weighted by atomic mass is 9.52. The highest BCUT2D eigenvalue weighted by Gasteiger charge is 2.56. The molecule has 124 valence electrons. The van der Waals surface area contributed by atoms with Crippen LogP contribution in [-0.2, 0) is 14.3 Å². The number of fused-ring (bicyclic) bond motifs is 1. The van der Waals surface area contributed by atoms with Crippen LogP contribution in [0.4, 0.5) is 0 Å². The first-order valence-corrected chi connectivity index (χ1v) is 7.89. The molecule has 0 amide bonds. The Hall–Kier alpha value is -1.36. The summed E-state index contributed by atoms with van der Waals surface area (Å²) in [6.07, 6.45) is 3.21. The maximum atomic E-state index is 11.3. The van der Waals surface area contributed by atoms with Crippen molar-refractivity contribution in [2.75, 3.05) is 0 Å². The first kappa shape index (κ1) is 17.0. The summed E-state index contributed by atoms with van der Waals surface area (Å²) in [5.74, 6) is -1.59. The molecule has 0 aliphatic heterocycles. The van der Waals surface area contributed by atoms with E-state index in [0.29, 0.717) is 12.8 Å². The van der Waals surface area contributed by atoms with Gasteiger partial charge in [-0.1, -0.05) is 13.5 Å². The quantitative estimate of drug-likeness (QED) is 0.618. The molecule has 2 N–H and O–H groups in total. The Balaban J connectivity index is 2.24. The van der Waals surface area contributed by atoms with Gasteiger partial charge in [0.15, 0.2) is 0 Å². The summed E-state index contributed by atoms with van der Waals surface area (Å²) in [6.45, 7) is 8.90. The maximum absolute atomic E-state index is 11.3. The van der Waals surface area contributed by atoms with Gasteiger partial charge in [0.1, 0.15) is 11.7 Å². The Morgan fingerprint density at radius 2 is 1.82 bits per heavy atom. The van der Waals surface area contributed by atoms with Crippen LogP contribution in [0.15, 0.2) is 12.2 Å². The first-order chi connectivity index (χ1) is 10.1. The molecule has 0 spiro atoms. The van der Waals surface area contributed by atoms with Crippen molar-refractivity contribution in [2.24, 2.45) is 17.3 Å². The molecule has 0 bridgehead atoms. The highest BCUT2D eigenvalue weighted by atomic mass is 16.6. The lowest BCUT2D eigenvalue weighted by Crippen LogP contribution is -2.59. The average molecular weight is 310 g/mol. The number of hydrogen-bond donors (Lipinski definition) is 2. The molecule has 5 atom stereocenters. The fourth-order valence-electron chi connectivity index (χ4n) is 4.46. The molecule has 0 aromatic heterocycles. The Labute approximate surface area is 131 Å². The molecule has 22 heavy (non-hydrogen) atoms. The maximum Gasteiger partial charge on any atom is 0.331 e. The summed E-state index contributed by atoms with van der Waals surface area (Å²) >= 11 is 0. The zero-order valence-electron chi connectivity index (χ0n) is 13.6. The van der Waals surface area contributed by atoms with Crippen LogP contribution in [0.25, 0.3) is 0 Å². The van der Waals surface area contributed by atoms with Gasteiger partial charge < -0.3 is 14.9 Å². The van der Waals surface area contributed by atoms with Gasteiger partial charge in [0, 0.05) is 12.5 Å². The largest absolute Gasteiger partial charge is 0.478 e. The molecular formula is C17H26O5. The van der Waals surface area contributed by atoms with Crippen LogP contribution in [0.3, 0.4) is 0 Å². The zero-order valence-corrected chi connectivity index (χ0v) is 13.6. The van der Waals surface area contributed by atoms with E-state index >= 15 is 0 Å². The van der Waals surface area contributed by atoms with Gasteiger partial charge in [-0.2, -0.15) is 0 Å². The highest BCUT2D eigenvalue weighted by molar-refractivity contribution is 5.86. The number of ether oxygens (including phenoxy) is 1. The molecule has 5 heteroatoms. The summed E-state index contributed by atoms with van der Waals surface area (Å²) in [5, 5.41) is 20.2. The number of carboxylic acid groups (broad SMARTS) is 1. The van der Waals surface area contributed by atoms with Crippen LogP contribution in [0.5, 0.6) is 0 Å². The van der Waals surface area contributed by atoms with E-state index in [2.05, 4.69) is 13.5 Å². The Kier molecular flexibility index (Phi) is 4.39. The predicted octanol–water partition coefficient (Wildman–Crippen LogP) is 2.53. The molecule has 0 aromatic rings. The Morgan fingerprint density at radius 1 is 1.23 bits per heavy atom. The van der Waals surface area contributed by atoms with Crippen molar-refractivity contribution in [2.45, 2.75) is 64.6 Å². The minimum atomic E-state index is -1.14. The lowest BCUT2D eigenvalue weighted by molar-refractivity contribution is -0.203. The second-order valence-corrected chi connectivity index (χ2v) is 7.37. The SMILES string of the molecule is C=C(C(=O)O)C1CC[C@@]2(C)CC[C@@H](OC(C)=O)[C@](C)(O)C2C1. The standard InChI is InChI=1S/C17H26O5/c1-10(15(19)20)12-5-7-16(3)8-6-14(22-11(2)18)17(4,21)13(16)9-12/h12-14,21H,1,5-9H2,2-4H3,(H,19,20)/t12?,13?,14-,16+,17-/m1/s1. The first-order valence-electron chi connectivity index (χ1n) is 7.89. The number of carbonyl (C=O) groups is 2. The third kappa shape index (κ3) is 2.91. The van der Waals surface area contributed by atoms with Crippen molar-refractivity contribution in [1.82, 2.24) is 0 Å². The fourth-order valence-corrected chi connectivity index (χ4v) is 4.46. The van der Waals surface area contributed by atoms with Crippen molar-refractivity contribution in [1.29, 1.82) is 0 Å². The van der Waals surface area contributed by atoms with Crippen LogP contribution < -0.4 is 0 Å². The second kappa shape index (κ2) is 5.69. The van der Waals surface area contributed by atoms with E-state index in [0.717, 1.165) is 19.3 Å². The third-order valence-electron chi connectivity index (χ3n) is 5.84. The van der Waals surface area contributed by atoms with E-state index in [1.54, 1.807) is 6.92 Å². The molecule has 2 saturated carbocycles. The van der Waals surface area contributed by atoms with Gasteiger partial charge in [-0.05, 0) is 56.3 Å². The van der Waals surface area contributed by atoms with Crippen LogP contribution >= 0.6 is 0 Å². The van der Waals surface area contributed by atoms with Crippen molar-refractivity contribution in [3.05, 3.63) is 12.2 Å². The second-order valence-electron chi connectivity index (χ2n) is 7.37. The molecule has 0 saturated heterocycles. The van der Waals surface area contributed by atoms with Gasteiger partial charge in [-0.15, -0.1) is 0 Å². The fraction of sp³-hybridized carbons (Fsp3) is 0.765. The number of aliphatic carboxylic acids is 1. The molecule has 0 aromatic carbocycles. The Morgan fingerprint density at radius 3 is 2.36 bits per heavy atom. The van der Waals surface area contributed by atoms with Crippen molar-refractivity contribution in [3.63, 3.8) is 0 Å². The van der Waals surface area contributed by atoms with E-state index in [-0.39, 0.29) is 22.8 Å². The number of hydrogen-bond acceptors (Lipinski definition) is 4. The normalized spacial score (nSPS) is 41.4. The molecule has 0 radical (unpaired) electrons. The number of aliphatic hydroxyl groups is 1. The van der Waals surface area contributed by atoms with E-state index in [4.69, 9.17) is 9.84 Å². The van der Waals surface area contributed by atoms with Crippen LogP contribution in [-0.4, -0.2) is 33.9 Å². The van der Waals surface area contributed by atoms with Gasteiger partial charge in [0.25, 0.3) is 0 Å². The van der Waals surface area contributed by atoms with Crippen LogP contribution in [0.2, 0.25) is 0 Å². The van der Waals surface area contributed by atoms with Gasteiger partial charge in [-0.3, -0.25) is 4.79 Å². The summed E-state index contributed by atoms with van der Waals surface area (Å²) in [5.41, 5.74) is -0.974. The van der Waals surface area contributed by atoms with Gasteiger partial charge in [0.05, 0.1) is 0 Å². The molecule has 5 nitrogen and oxygen atoms in total. The smallest absolute Gasteiger partial charge is 0.331 e. The number of rotatable bonds is 3. The van der Waals surface area contributed by atoms with E-state index in [1.807, 2.05) is 0 Å². The zero-order chi connectivity index (χ0) is 16.7. The van der Waals surface area contributed by atoms with E-state index < -0.39 is 23.6 Å². The Bertz CT molecular complexity index is 495. The molecule has 0 heterocycles. The number of carboxylic acids is 1. The highest BCUT2D eigenvalue weighted by Crippen LogP contribution is 2.56. The predicted molar refractivity (Wildman–Crippen MR) is 81.1 cm³/mol. The van der Waals surface area contributed by atoms with Gasteiger partial charge in [-0.25, -0.2) is 4.79 Å². The molecule has 2 unspecified atom stereocenters. The van der Waals surface area contributed by atoms with Crippen LogP contribution in [0, 0.1) is 17.3 Å². The summed E-state index contributed by atoms with van der Waals surface area (Å²) in [7, 11) is 0. The van der Waals surface area contributed by atoms with E-state index in [1.165, 1.54) is 6.92 Å². The van der Waals surface area contributed by atoms with Crippen molar-refractivity contribution < 1.29 is 24.5 Å². The van der Waals surface area contributed by atoms with E-state index in [9.17, 15) is 14.7 Å². The number of carbonyl (C=O) groups excluding carboxylic acids is 1. The number of esters is 1. The van der Waals surface area contributed by atoms with Crippen molar-refractivity contribution in [3.8, 4) is 0 Å². The van der Waals surface area contributed by atoms with Crippen molar-refractivity contribution >= 4 is 11.9 Å². The molecule has 2 rings (SSSR count). The molecule has 2 aliphatic carbocycles. The molecule has 2 aliphatic rings. The monoisotopic (exact) mass is 310 g/mol. The summed E-state index contributed by atoms with van der Waals surface area (Å²) in [6, 6.07) is 0. The topological polar surface area (TPSA) is 83.8 Å². The average Bonchev–Trinajstić information content (AvgIpc) is 2.41. The van der Waals surface area contributed by atoms with Gasteiger partial charge in [0.2, 0.25) is 0 Å². The third-order valence-corrected chi connectivity index (χ3v) is 5.84. The minimum absolute atomic E-state index is 0.0462. The van der Waals surface area contributed by atoms with Gasteiger partial charge >= 0.3 is 11.9 Å². The summed E-state index contributed by atoms with van der Waals surface area (Å²) in [4.78, 5) is 22.5. The minimum Gasteiger partial charge on any atom is -0.478 e. The summed E-state index contributed by atoms with van der Waals surface area (Å²) < 4.78 is 5.32. The van der Waals surface area contributed by atoms with Crippen LogP contribution in [0.1, 0.15) is 52.9 Å². The lowest BCUT2D eigenvalue weighted by Gasteiger charge is -2.56. The molecular weight excluding hydrogens is 284 g/mol.